The lowest BCUT2D eigenvalue weighted by Crippen LogP contribution is -2.05. The average molecular weight is 337 g/mol. The fraction of sp³-hybridized carbons (Fsp3) is 0.870. The largest absolute Gasteiger partial charge is 0.299 e. The Morgan fingerprint density at radius 1 is 0.667 bits per heavy atom. The van der Waals surface area contributed by atoms with E-state index in [4.69, 9.17) is 0 Å². The molecular weight excluding hydrogens is 292 g/mol. The van der Waals surface area contributed by atoms with E-state index in [0.717, 1.165) is 12.8 Å². The SMILES string of the molecule is CCCCCC/C=C\CCCCCCCCCCCC(=O)C(C)C. The normalized spacial score (nSPS) is 11.7. The second-order valence-electron chi connectivity index (χ2n) is 7.66. The van der Waals surface area contributed by atoms with Gasteiger partial charge in [-0.05, 0) is 32.1 Å². The lowest BCUT2D eigenvalue weighted by Gasteiger charge is -2.04. The van der Waals surface area contributed by atoms with E-state index < -0.39 is 0 Å². The van der Waals surface area contributed by atoms with E-state index >= 15 is 0 Å². The van der Waals surface area contributed by atoms with Gasteiger partial charge in [0.05, 0.1) is 0 Å². The van der Waals surface area contributed by atoms with Crippen LogP contribution in [-0.2, 0) is 4.79 Å². The van der Waals surface area contributed by atoms with Gasteiger partial charge >= 0.3 is 0 Å². The highest BCUT2D eigenvalue weighted by Crippen LogP contribution is 2.13. The zero-order valence-electron chi connectivity index (χ0n) is 17.0. The zero-order valence-corrected chi connectivity index (χ0v) is 17.0. The molecule has 0 aliphatic carbocycles. The molecule has 0 rings (SSSR count). The van der Waals surface area contributed by atoms with E-state index in [1.165, 1.54) is 89.9 Å². The summed E-state index contributed by atoms with van der Waals surface area (Å²) < 4.78 is 0. The van der Waals surface area contributed by atoms with E-state index in [0.29, 0.717) is 5.78 Å². The number of Topliss-reactive ketones (excluding diaryl/α,β-unsaturated/α-hetero) is 1. The van der Waals surface area contributed by atoms with Crippen molar-refractivity contribution in [2.75, 3.05) is 0 Å². The second kappa shape index (κ2) is 18.7. The van der Waals surface area contributed by atoms with Gasteiger partial charge in [0.15, 0.2) is 0 Å². The molecule has 0 bridgehead atoms. The molecule has 142 valence electrons. The van der Waals surface area contributed by atoms with Gasteiger partial charge in [-0.25, -0.2) is 0 Å². The van der Waals surface area contributed by atoms with E-state index in [9.17, 15) is 4.79 Å². The molecule has 0 aliphatic heterocycles. The van der Waals surface area contributed by atoms with Gasteiger partial charge in [0.25, 0.3) is 0 Å². The van der Waals surface area contributed by atoms with E-state index in [-0.39, 0.29) is 5.92 Å². The minimum atomic E-state index is 0.223. The molecule has 0 spiro atoms. The number of carbonyl (C=O) groups excluding carboxylic acids is 1. The number of unbranched alkanes of at least 4 members (excludes halogenated alkanes) is 13. The molecule has 0 aliphatic rings. The summed E-state index contributed by atoms with van der Waals surface area (Å²) >= 11 is 0. The topological polar surface area (TPSA) is 17.1 Å². The first-order valence-corrected chi connectivity index (χ1v) is 10.9. The molecule has 0 N–H and O–H groups in total. The van der Waals surface area contributed by atoms with Gasteiger partial charge in [0.2, 0.25) is 0 Å². The number of hydrogen-bond acceptors (Lipinski definition) is 1. The van der Waals surface area contributed by atoms with Crippen molar-refractivity contribution < 1.29 is 4.79 Å². The molecule has 24 heavy (non-hydrogen) atoms. The summed E-state index contributed by atoms with van der Waals surface area (Å²) in [6, 6.07) is 0. The number of allylic oxidation sites excluding steroid dienone is 2. The van der Waals surface area contributed by atoms with Crippen molar-refractivity contribution >= 4 is 5.78 Å². The highest BCUT2D eigenvalue weighted by Gasteiger charge is 2.05. The fourth-order valence-electron chi connectivity index (χ4n) is 3.01. The van der Waals surface area contributed by atoms with Gasteiger partial charge in [-0.2, -0.15) is 0 Å². The first-order chi connectivity index (χ1) is 11.7. The Balaban J connectivity index is 3.12. The maximum Gasteiger partial charge on any atom is 0.135 e. The Labute approximate surface area is 152 Å². The van der Waals surface area contributed by atoms with E-state index in [1.54, 1.807) is 0 Å². The molecule has 0 amide bonds. The van der Waals surface area contributed by atoms with Gasteiger partial charge in [-0.3, -0.25) is 4.79 Å². The molecule has 1 heteroatoms. The summed E-state index contributed by atoms with van der Waals surface area (Å²) in [6.45, 7) is 6.28. The Bertz CT molecular complexity index is 290. The smallest absolute Gasteiger partial charge is 0.135 e. The second-order valence-corrected chi connectivity index (χ2v) is 7.66. The number of carbonyl (C=O) groups is 1. The van der Waals surface area contributed by atoms with Gasteiger partial charge < -0.3 is 0 Å². The molecule has 0 atom stereocenters. The third-order valence-corrected chi connectivity index (χ3v) is 4.83. The van der Waals surface area contributed by atoms with E-state index in [2.05, 4.69) is 19.1 Å². The summed E-state index contributed by atoms with van der Waals surface area (Å²) in [6.07, 6.45) is 25.6. The summed E-state index contributed by atoms with van der Waals surface area (Å²) in [5, 5.41) is 0. The Morgan fingerprint density at radius 2 is 1.08 bits per heavy atom. The van der Waals surface area contributed by atoms with Gasteiger partial charge in [0.1, 0.15) is 5.78 Å². The Kier molecular flexibility index (Phi) is 18.3. The minimum Gasteiger partial charge on any atom is -0.299 e. The zero-order chi connectivity index (χ0) is 17.9. The standard InChI is InChI=1S/C23H44O/c1-4-5-6-7-8-9-10-11-12-13-14-15-16-17-18-19-20-21-23(24)22(2)3/h9-10,22H,4-8,11-21H2,1-3H3/b10-9-. The van der Waals surface area contributed by atoms with Crippen molar-refractivity contribution in [3.05, 3.63) is 12.2 Å². The molecule has 0 unspecified atom stereocenters. The van der Waals surface area contributed by atoms with Crippen LogP contribution in [0.2, 0.25) is 0 Å². The molecule has 0 radical (unpaired) electrons. The minimum absolute atomic E-state index is 0.223. The summed E-state index contributed by atoms with van der Waals surface area (Å²) in [5.41, 5.74) is 0. The molecule has 0 aromatic carbocycles. The Hall–Kier alpha value is -0.590. The Morgan fingerprint density at radius 3 is 1.54 bits per heavy atom. The van der Waals surface area contributed by atoms with Gasteiger partial charge in [-0.15, -0.1) is 0 Å². The molecule has 0 fully saturated rings. The summed E-state index contributed by atoms with van der Waals surface area (Å²) in [5.74, 6) is 0.658. The van der Waals surface area contributed by atoms with Crippen LogP contribution in [0.1, 0.15) is 124 Å². The van der Waals surface area contributed by atoms with Gasteiger partial charge in [0, 0.05) is 12.3 Å². The van der Waals surface area contributed by atoms with Gasteiger partial charge in [-0.1, -0.05) is 97.1 Å². The van der Waals surface area contributed by atoms with Crippen molar-refractivity contribution in [1.82, 2.24) is 0 Å². The highest BCUT2D eigenvalue weighted by atomic mass is 16.1. The monoisotopic (exact) mass is 336 g/mol. The van der Waals surface area contributed by atoms with Crippen LogP contribution >= 0.6 is 0 Å². The van der Waals surface area contributed by atoms with Crippen LogP contribution in [0, 0.1) is 5.92 Å². The molecule has 0 saturated carbocycles. The van der Waals surface area contributed by atoms with Crippen molar-refractivity contribution in [3.63, 3.8) is 0 Å². The van der Waals surface area contributed by atoms with Crippen molar-refractivity contribution in [3.8, 4) is 0 Å². The number of ketones is 1. The van der Waals surface area contributed by atoms with Crippen LogP contribution in [0.3, 0.4) is 0 Å². The lowest BCUT2D eigenvalue weighted by molar-refractivity contribution is -0.122. The van der Waals surface area contributed by atoms with Crippen molar-refractivity contribution in [2.24, 2.45) is 5.92 Å². The third-order valence-electron chi connectivity index (χ3n) is 4.83. The fourth-order valence-corrected chi connectivity index (χ4v) is 3.01. The lowest BCUT2D eigenvalue weighted by atomic mass is 10.0. The molecule has 0 heterocycles. The van der Waals surface area contributed by atoms with Crippen molar-refractivity contribution in [1.29, 1.82) is 0 Å². The molecule has 1 nitrogen and oxygen atoms in total. The number of hydrogen-bond donors (Lipinski definition) is 0. The summed E-state index contributed by atoms with van der Waals surface area (Å²) in [4.78, 5) is 11.5. The van der Waals surface area contributed by atoms with Crippen LogP contribution in [0.25, 0.3) is 0 Å². The maximum atomic E-state index is 11.5. The van der Waals surface area contributed by atoms with Crippen LogP contribution in [0.15, 0.2) is 12.2 Å². The first kappa shape index (κ1) is 23.4. The van der Waals surface area contributed by atoms with Crippen LogP contribution in [-0.4, -0.2) is 5.78 Å². The van der Waals surface area contributed by atoms with E-state index in [1.807, 2.05) is 13.8 Å². The maximum absolute atomic E-state index is 11.5. The van der Waals surface area contributed by atoms with Crippen LogP contribution < -0.4 is 0 Å². The first-order valence-electron chi connectivity index (χ1n) is 10.9. The predicted molar refractivity (Wildman–Crippen MR) is 109 cm³/mol. The summed E-state index contributed by atoms with van der Waals surface area (Å²) in [7, 11) is 0. The molecule has 0 saturated heterocycles. The van der Waals surface area contributed by atoms with Crippen molar-refractivity contribution in [2.45, 2.75) is 124 Å². The third kappa shape index (κ3) is 17.8. The highest BCUT2D eigenvalue weighted by molar-refractivity contribution is 5.80. The molecule has 0 aromatic heterocycles. The molecule has 0 aromatic rings. The number of rotatable bonds is 18. The average Bonchev–Trinajstić information content (AvgIpc) is 2.57. The quantitative estimate of drug-likeness (QED) is 0.183. The van der Waals surface area contributed by atoms with Crippen LogP contribution in [0.4, 0.5) is 0 Å². The predicted octanol–water partition coefficient (Wildman–Crippen LogP) is 8.03. The molecular formula is C23H44O. The van der Waals surface area contributed by atoms with Crippen LogP contribution in [0.5, 0.6) is 0 Å².